The molecule has 2 aromatic carbocycles. The first kappa shape index (κ1) is 22.7. The number of aromatic nitrogens is 2. The van der Waals surface area contributed by atoms with E-state index in [4.69, 9.17) is 9.47 Å². The third kappa shape index (κ3) is 4.83. The van der Waals surface area contributed by atoms with Gasteiger partial charge in [-0.05, 0) is 37.1 Å². The van der Waals surface area contributed by atoms with E-state index in [0.29, 0.717) is 24.0 Å². The molecule has 11 heteroatoms. The third-order valence-corrected chi connectivity index (χ3v) is 7.29. The summed E-state index contributed by atoms with van der Waals surface area (Å²) in [4.78, 5) is 24.9. The van der Waals surface area contributed by atoms with E-state index in [9.17, 15) is 18.0 Å². The normalized spacial score (nSPS) is 14.7. The lowest BCUT2D eigenvalue weighted by atomic mass is 10.2. The van der Waals surface area contributed by atoms with Crippen molar-refractivity contribution in [2.75, 3.05) is 32.1 Å². The molecule has 0 bridgehead atoms. The van der Waals surface area contributed by atoms with Gasteiger partial charge in [-0.25, -0.2) is 13.2 Å². The van der Waals surface area contributed by atoms with E-state index >= 15 is 0 Å². The van der Waals surface area contributed by atoms with Crippen LogP contribution in [0.3, 0.4) is 0 Å². The molecule has 4 rings (SSSR count). The second-order valence-electron chi connectivity index (χ2n) is 7.57. The Hall–Kier alpha value is -3.44. The van der Waals surface area contributed by atoms with Crippen molar-refractivity contribution in [3.63, 3.8) is 0 Å². The van der Waals surface area contributed by atoms with Crippen LogP contribution in [0.25, 0.3) is 10.9 Å². The zero-order valence-electron chi connectivity index (χ0n) is 18.0. The Kier molecular flexibility index (Phi) is 6.61. The predicted molar refractivity (Wildman–Crippen MR) is 121 cm³/mol. The molecule has 33 heavy (non-hydrogen) atoms. The SMILES string of the molecule is COc1ccc(S(=O)(=O)N2CCCCC2)cc1NC(=O)COC(=O)c1n[nH]c2ccccc12. The molecule has 0 radical (unpaired) electrons. The fraction of sp³-hybridized carbons (Fsp3) is 0.318. The molecule has 1 aromatic heterocycles. The molecular formula is C22H24N4O6S. The third-order valence-electron chi connectivity index (χ3n) is 5.40. The number of rotatable bonds is 7. The molecule has 0 aliphatic carbocycles. The van der Waals surface area contributed by atoms with Crippen LogP contribution in [0, 0.1) is 0 Å². The smallest absolute Gasteiger partial charge is 0.359 e. The topological polar surface area (TPSA) is 131 Å². The van der Waals surface area contributed by atoms with E-state index in [2.05, 4.69) is 15.5 Å². The highest BCUT2D eigenvalue weighted by Crippen LogP contribution is 2.30. The number of amides is 1. The number of ether oxygens (including phenoxy) is 2. The van der Waals surface area contributed by atoms with E-state index in [1.165, 1.54) is 29.6 Å². The number of para-hydroxylation sites is 1. The quantitative estimate of drug-likeness (QED) is 0.505. The number of carbonyl (C=O) groups is 2. The number of nitrogens with one attached hydrogen (secondary N) is 2. The van der Waals surface area contributed by atoms with Crippen LogP contribution in [0.15, 0.2) is 47.4 Å². The summed E-state index contributed by atoms with van der Waals surface area (Å²) in [6, 6.07) is 11.3. The van der Waals surface area contributed by atoms with E-state index in [1.54, 1.807) is 24.3 Å². The van der Waals surface area contributed by atoms with Crippen molar-refractivity contribution in [2.45, 2.75) is 24.2 Å². The number of piperidine rings is 1. The lowest BCUT2D eigenvalue weighted by Gasteiger charge is -2.26. The van der Waals surface area contributed by atoms with Gasteiger partial charge in [0.1, 0.15) is 5.75 Å². The number of aromatic amines is 1. The summed E-state index contributed by atoms with van der Waals surface area (Å²) in [7, 11) is -2.28. The molecule has 1 aliphatic heterocycles. The highest BCUT2D eigenvalue weighted by atomic mass is 32.2. The number of benzene rings is 2. The first-order valence-corrected chi connectivity index (χ1v) is 11.9. The van der Waals surface area contributed by atoms with Gasteiger partial charge in [-0.1, -0.05) is 24.6 Å². The summed E-state index contributed by atoms with van der Waals surface area (Å²) in [5.41, 5.74) is 0.915. The van der Waals surface area contributed by atoms with Crippen LogP contribution >= 0.6 is 0 Å². The molecule has 0 atom stereocenters. The van der Waals surface area contributed by atoms with Crippen LogP contribution in [0.2, 0.25) is 0 Å². The fourth-order valence-electron chi connectivity index (χ4n) is 3.70. The van der Waals surface area contributed by atoms with Gasteiger partial charge in [-0.2, -0.15) is 9.40 Å². The van der Waals surface area contributed by atoms with Crippen molar-refractivity contribution in [1.29, 1.82) is 0 Å². The van der Waals surface area contributed by atoms with Crippen molar-refractivity contribution in [3.8, 4) is 5.75 Å². The van der Waals surface area contributed by atoms with E-state index in [1.807, 2.05) is 0 Å². The highest BCUT2D eigenvalue weighted by molar-refractivity contribution is 7.89. The van der Waals surface area contributed by atoms with E-state index in [-0.39, 0.29) is 22.0 Å². The van der Waals surface area contributed by atoms with Crippen molar-refractivity contribution in [3.05, 3.63) is 48.2 Å². The van der Waals surface area contributed by atoms with Gasteiger partial charge >= 0.3 is 5.97 Å². The number of fused-ring (bicyclic) bond motifs is 1. The number of anilines is 1. The maximum absolute atomic E-state index is 13.0. The number of hydrogen-bond donors (Lipinski definition) is 2. The van der Waals surface area contributed by atoms with Crippen molar-refractivity contribution < 1.29 is 27.5 Å². The van der Waals surface area contributed by atoms with Crippen LogP contribution in [0.4, 0.5) is 5.69 Å². The summed E-state index contributed by atoms with van der Waals surface area (Å²) in [6.07, 6.45) is 2.63. The maximum atomic E-state index is 13.0. The molecule has 0 unspecified atom stereocenters. The number of carbonyl (C=O) groups excluding carboxylic acids is 2. The number of H-pyrrole nitrogens is 1. The van der Waals surface area contributed by atoms with Gasteiger partial charge in [0.2, 0.25) is 10.0 Å². The molecule has 0 spiro atoms. The van der Waals surface area contributed by atoms with Gasteiger partial charge in [0, 0.05) is 18.5 Å². The lowest BCUT2D eigenvalue weighted by molar-refractivity contribution is -0.119. The number of nitrogens with zero attached hydrogens (tertiary/aromatic N) is 2. The molecule has 10 nitrogen and oxygen atoms in total. The summed E-state index contributed by atoms with van der Waals surface area (Å²) in [5, 5.41) is 9.82. The summed E-state index contributed by atoms with van der Waals surface area (Å²) < 4.78 is 37.7. The molecule has 1 fully saturated rings. The highest BCUT2D eigenvalue weighted by Gasteiger charge is 2.27. The fourth-order valence-corrected chi connectivity index (χ4v) is 5.25. The molecule has 1 amide bonds. The van der Waals surface area contributed by atoms with Crippen LogP contribution in [0.1, 0.15) is 29.8 Å². The molecular weight excluding hydrogens is 448 g/mol. The first-order chi connectivity index (χ1) is 15.9. The Morgan fingerprint density at radius 3 is 2.64 bits per heavy atom. The van der Waals surface area contributed by atoms with Gasteiger partial charge in [-0.15, -0.1) is 0 Å². The van der Waals surface area contributed by atoms with Crippen molar-refractivity contribution >= 4 is 38.5 Å². The Balaban J connectivity index is 1.45. The second-order valence-corrected chi connectivity index (χ2v) is 9.51. The second kappa shape index (κ2) is 9.59. The van der Waals surface area contributed by atoms with Gasteiger partial charge in [0.05, 0.1) is 23.2 Å². The number of hydrogen-bond acceptors (Lipinski definition) is 7. The first-order valence-electron chi connectivity index (χ1n) is 10.5. The lowest BCUT2D eigenvalue weighted by Crippen LogP contribution is -2.35. The molecule has 3 aromatic rings. The maximum Gasteiger partial charge on any atom is 0.359 e. The average Bonchev–Trinajstić information content (AvgIpc) is 3.27. The monoisotopic (exact) mass is 472 g/mol. The van der Waals surface area contributed by atoms with Crippen LogP contribution in [0.5, 0.6) is 5.75 Å². The zero-order valence-corrected chi connectivity index (χ0v) is 18.9. The zero-order chi connectivity index (χ0) is 23.4. The van der Waals surface area contributed by atoms with Gasteiger partial charge < -0.3 is 14.8 Å². The van der Waals surface area contributed by atoms with E-state index < -0.39 is 28.5 Å². The Labute approximate surface area is 190 Å². The Morgan fingerprint density at radius 1 is 1.12 bits per heavy atom. The molecule has 2 N–H and O–H groups in total. The summed E-state index contributed by atoms with van der Waals surface area (Å²) in [6.45, 7) is 0.355. The summed E-state index contributed by atoms with van der Waals surface area (Å²) in [5.74, 6) is -1.12. The Morgan fingerprint density at radius 2 is 1.88 bits per heavy atom. The van der Waals surface area contributed by atoms with Gasteiger partial charge in [0.15, 0.2) is 12.3 Å². The minimum Gasteiger partial charge on any atom is -0.495 e. The van der Waals surface area contributed by atoms with Crippen LogP contribution < -0.4 is 10.1 Å². The van der Waals surface area contributed by atoms with Gasteiger partial charge in [0.25, 0.3) is 5.91 Å². The van der Waals surface area contributed by atoms with E-state index in [0.717, 1.165) is 19.3 Å². The predicted octanol–water partition coefficient (Wildman–Crippen LogP) is 2.54. The minimum atomic E-state index is -3.69. The molecule has 1 saturated heterocycles. The Bertz CT molecular complexity index is 1280. The molecule has 2 heterocycles. The average molecular weight is 473 g/mol. The molecule has 174 valence electrons. The number of methoxy groups -OCH3 is 1. The van der Waals surface area contributed by atoms with Crippen LogP contribution in [-0.4, -0.2) is 61.6 Å². The van der Waals surface area contributed by atoms with Gasteiger partial charge in [-0.3, -0.25) is 9.89 Å². The molecule has 0 saturated carbocycles. The molecule has 1 aliphatic rings. The van der Waals surface area contributed by atoms with Crippen molar-refractivity contribution in [2.24, 2.45) is 0 Å². The summed E-state index contributed by atoms with van der Waals surface area (Å²) >= 11 is 0. The van der Waals surface area contributed by atoms with Crippen LogP contribution in [-0.2, 0) is 19.6 Å². The standard InChI is InChI=1S/C22H24N4O6S/c1-31-19-10-9-15(33(29,30)26-11-5-2-6-12-26)13-18(19)23-20(27)14-32-22(28)21-16-7-3-4-8-17(16)24-25-21/h3-4,7-10,13H,2,5-6,11-12,14H2,1H3,(H,23,27)(H,24,25). The minimum absolute atomic E-state index is 0.0560. The number of esters is 1. The van der Waals surface area contributed by atoms with Crippen molar-refractivity contribution in [1.82, 2.24) is 14.5 Å². The number of sulfonamides is 1. The largest absolute Gasteiger partial charge is 0.495 e.